The molecular formula is C37H52F4N6O2S. The summed E-state index contributed by atoms with van der Waals surface area (Å²) in [4.78, 5) is 9.52. The number of nitrogens with two attached hydrogens (primary N) is 1. The smallest absolute Gasteiger partial charge is 0.248 e. The highest BCUT2D eigenvalue weighted by Crippen LogP contribution is 2.40. The van der Waals surface area contributed by atoms with E-state index in [4.69, 9.17) is 15.7 Å². The van der Waals surface area contributed by atoms with Crippen molar-refractivity contribution in [2.45, 2.75) is 129 Å². The van der Waals surface area contributed by atoms with Crippen LogP contribution in [0.1, 0.15) is 105 Å². The van der Waals surface area contributed by atoms with Crippen LogP contribution in [0, 0.1) is 11.8 Å². The van der Waals surface area contributed by atoms with Crippen molar-refractivity contribution in [2.24, 2.45) is 11.8 Å². The molecule has 13 heteroatoms. The molecule has 2 aliphatic rings. The van der Waals surface area contributed by atoms with Crippen molar-refractivity contribution in [1.29, 1.82) is 0 Å². The van der Waals surface area contributed by atoms with E-state index in [1.54, 1.807) is 12.1 Å². The molecule has 0 bridgehead atoms. The highest BCUT2D eigenvalue weighted by Gasteiger charge is 2.37. The number of benzene rings is 2. The third kappa shape index (κ3) is 9.30. The number of nitrogens with zero attached hydrogens (tertiary/aromatic N) is 4. The molecule has 0 aliphatic heterocycles. The minimum absolute atomic E-state index is 0.00208. The van der Waals surface area contributed by atoms with Crippen LogP contribution in [0.4, 0.5) is 28.9 Å². The predicted octanol–water partition coefficient (Wildman–Crippen LogP) is 9.27. The van der Waals surface area contributed by atoms with Gasteiger partial charge in [-0.15, -0.1) is 0 Å². The minimum Gasteiger partial charge on any atom is -0.399 e. The van der Waals surface area contributed by atoms with Crippen molar-refractivity contribution in [3.63, 3.8) is 0 Å². The molecule has 276 valence electrons. The molecular weight excluding hydrogens is 669 g/mol. The Kier molecular flexibility index (Phi) is 10.3. The van der Waals surface area contributed by atoms with Crippen molar-refractivity contribution in [3.8, 4) is 0 Å². The van der Waals surface area contributed by atoms with Crippen LogP contribution < -0.4 is 10.5 Å². The number of nitrogens with one attached hydrogen (secondary N) is 1. The number of rotatable bonds is 6. The van der Waals surface area contributed by atoms with Crippen molar-refractivity contribution < 1.29 is 26.0 Å². The quantitative estimate of drug-likeness (QED) is 0.153. The molecule has 0 saturated heterocycles. The van der Waals surface area contributed by atoms with Crippen LogP contribution in [0.5, 0.6) is 0 Å². The van der Waals surface area contributed by atoms with Crippen molar-refractivity contribution >= 4 is 43.5 Å². The molecule has 2 saturated carbocycles. The Morgan fingerprint density at radius 1 is 0.740 bits per heavy atom. The summed E-state index contributed by atoms with van der Waals surface area (Å²) in [5, 5.41) is 0. The SMILES string of the molecule is CC(C)(C)c1nc2cc(N)ccc2n1CC1CCC(F)(F)CC1.CC(C)(C)c1nc2cc(NS(C)(=O)=O)ccc2n1CC1CCC(F)(F)CC1. The van der Waals surface area contributed by atoms with Crippen LogP contribution in [-0.4, -0.2) is 45.6 Å². The standard InChI is InChI=1S/C19H27F2N3O2S.C18H25F2N3/c1-18(2,3)17-22-15-11-14(23-27(4,25)26)5-6-16(15)24(17)12-13-7-9-19(20,21)10-8-13;1-17(2,3)16-22-14-10-13(21)4-5-15(14)23(16)11-12-6-8-18(19,20)9-7-12/h5-6,11,13,23H,7-10,12H2,1-4H3;4-5,10,12H,6-9,11,21H2,1-3H3. The van der Waals surface area contributed by atoms with Gasteiger partial charge >= 0.3 is 0 Å². The van der Waals surface area contributed by atoms with E-state index in [0.717, 1.165) is 41.0 Å². The minimum atomic E-state index is -3.37. The van der Waals surface area contributed by atoms with Gasteiger partial charge < -0.3 is 14.9 Å². The first-order valence-electron chi connectivity index (χ1n) is 17.5. The van der Waals surface area contributed by atoms with E-state index in [-0.39, 0.29) is 48.3 Å². The summed E-state index contributed by atoms with van der Waals surface area (Å²) in [6.07, 6.45) is 3.15. The molecule has 2 aromatic carbocycles. The number of hydrogen-bond acceptors (Lipinski definition) is 5. The fourth-order valence-corrected chi connectivity index (χ4v) is 7.71. The molecule has 0 amide bonds. The lowest BCUT2D eigenvalue weighted by Gasteiger charge is -2.30. The van der Waals surface area contributed by atoms with Crippen molar-refractivity contribution in [2.75, 3.05) is 16.7 Å². The van der Waals surface area contributed by atoms with E-state index >= 15 is 0 Å². The van der Waals surface area contributed by atoms with E-state index in [2.05, 4.69) is 55.4 Å². The number of fused-ring (bicyclic) bond motifs is 2. The Morgan fingerprint density at radius 3 is 1.54 bits per heavy atom. The van der Waals surface area contributed by atoms with E-state index in [9.17, 15) is 26.0 Å². The van der Waals surface area contributed by atoms with Gasteiger partial charge in [0, 0.05) is 55.3 Å². The number of hydrogen-bond donors (Lipinski definition) is 2. The Labute approximate surface area is 293 Å². The zero-order chi connectivity index (χ0) is 36.9. The fraction of sp³-hybridized carbons (Fsp3) is 0.622. The van der Waals surface area contributed by atoms with Crippen LogP contribution in [0.25, 0.3) is 22.1 Å². The first kappa shape index (κ1) is 37.9. The monoisotopic (exact) mass is 720 g/mol. The molecule has 0 spiro atoms. The largest absolute Gasteiger partial charge is 0.399 e. The highest BCUT2D eigenvalue weighted by atomic mass is 32.2. The van der Waals surface area contributed by atoms with E-state index in [1.165, 1.54) is 0 Å². The molecule has 0 radical (unpaired) electrons. The molecule has 2 aromatic heterocycles. The number of nitrogen functional groups attached to an aromatic ring is 1. The molecule has 6 rings (SSSR count). The van der Waals surface area contributed by atoms with Gasteiger partial charge in [-0.2, -0.15) is 0 Å². The number of imidazole rings is 2. The summed E-state index contributed by atoms with van der Waals surface area (Å²) in [5.41, 5.74) is 10.2. The van der Waals surface area contributed by atoms with Gasteiger partial charge in [0.2, 0.25) is 21.9 Å². The third-order valence-electron chi connectivity index (χ3n) is 9.72. The van der Waals surface area contributed by atoms with Gasteiger partial charge in [-0.1, -0.05) is 41.5 Å². The van der Waals surface area contributed by atoms with Gasteiger partial charge in [-0.3, -0.25) is 4.72 Å². The molecule has 0 unspecified atom stereocenters. The lowest BCUT2D eigenvalue weighted by atomic mass is 9.86. The predicted molar refractivity (Wildman–Crippen MR) is 194 cm³/mol. The molecule has 2 heterocycles. The molecule has 3 N–H and O–H groups in total. The summed E-state index contributed by atoms with van der Waals surface area (Å²) >= 11 is 0. The maximum absolute atomic E-state index is 13.5. The molecule has 4 aromatic rings. The second kappa shape index (κ2) is 13.7. The van der Waals surface area contributed by atoms with Crippen molar-refractivity contribution in [1.82, 2.24) is 19.1 Å². The summed E-state index contributed by atoms with van der Waals surface area (Å²) in [7, 11) is -3.37. The van der Waals surface area contributed by atoms with Gasteiger partial charge in [0.1, 0.15) is 11.6 Å². The summed E-state index contributed by atoms with van der Waals surface area (Å²) in [6.45, 7) is 14.0. The topological polar surface area (TPSA) is 108 Å². The van der Waals surface area contributed by atoms with Crippen molar-refractivity contribution in [3.05, 3.63) is 48.0 Å². The van der Waals surface area contributed by atoms with Gasteiger partial charge in [0.05, 0.1) is 34.0 Å². The second-order valence-electron chi connectivity index (χ2n) is 16.5. The van der Waals surface area contributed by atoms with Crippen LogP contribution in [0.3, 0.4) is 0 Å². The number of sulfonamides is 1. The van der Waals surface area contributed by atoms with Gasteiger partial charge in [0.15, 0.2) is 0 Å². The molecule has 0 atom stereocenters. The lowest BCUT2D eigenvalue weighted by Crippen LogP contribution is -2.28. The molecule has 2 aliphatic carbocycles. The number of halogens is 4. The first-order valence-corrected chi connectivity index (χ1v) is 19.4. The summed E-state index contributed by atoms with van der Waals surface area (Å²) < 4.78 is 83.5. The van der Waals surface area contributed by atoms with Gasteiger partial charge in [0.25, 0.3) is 0 Å². The third-order valence-corrected chi connectivity index (χ3v) is 10.3. The van der Waals surface area contributed by atoms with Gasteiger partial charge in [-0.05, 0) is 73.9 Å². The van der Waals surface area contributed by atoms with Crippen LogP contribution in [-0.2, 0) is 33.9 Å². The molecule has 8 nitrogen and oxygen atoms in total. The molecule has 50 heavy (non-hydrogen) atoms. The van der Waals surface area contributed by atoms with Crippen LogP contribution in [0.15, 0.2) is 36.4 Å². The average molecular weight is 721 g/mol. The normalized spacial score (nSPS) is 19.0. The zero-order valence-corrected chi connectivity index (χ0v) is 31.1. The first-order chi connectivity index (χ1) is 23.0. The number of alkyl halides is 4. The Balaban J connectivity index is 0.000000197. The Bertz CT molecular complexity index is 1920. The Morgan fingerprint density at radius 2 is 1.14 bits per heavy atom. The van der Waals surface area contributed by atoms with E-state index < -0.39 is 21.9 Å². The fourth-order valence-electron chi connectivity index (χ4n) is 7.15. The van der Waals surface area contributed by atoms with Crippen LogP contribution >= 0.6 is 0 Å². The maximum atomic E-state index is 13.5. The summed E-state index contributed by atoms with van der Waals surface area (Å²) in [6, 6.07) is 11.0. The maximum Gasteiger partial charge on any atom is 0.248 e. The Hall–Kier alpha value is -3.35. The highest BCUT2D eigenvalue weighted by molar-refractivity contribution is 7.92. The van der Waals surface area contributed by atoms with Gasteiger partial charge in [-0.25, -0.2) is 35.9 Å². The second-order valence-corrected chi connectivity index (χ2v) is 18.3. The number of anilines is 2. The molecule has 2 fully saturated rings. The van der Waals surface area contributed by atoms with E-state index in [0.29, 0.717) is 49.1 Å². The number of aromatic nitrogens is 4. The van der Waals surface area contributed by atoms with Crippen LogP contribution in [0.2, 0.25) is 0 Å². The lowest BCUT2D eigenvalue weighted by molar-refractivity contribution is -0.0478. The summed E-state index contributed by atoms with van der Waals surface area (Å²) in [5.74, 6) is -2.66. The average Bonchev–Trinajstić information content (AvgIpc) is 3.52. The zero-order valence-electron chi connectivity index (χ0n) is 30.3. The van der Waals surface area contributed by atoms with E-state index in [1.807, 2.05) is 24.3 Å².